The van der Waals surface area contributed by atoms with E-state index in [-0.39, 0.29) is 31.6 Å². The highest BCUT2D eigenvalue weighted by molar-refractivity contribution is 7.14. The molecule has 0 saturated carbocycles. The number of carboxylic acid groups (broad SMARTS) is 1. The van der Waals surface area contributed by atoms with Crippen molar-refractivity contribution in [1.29, 1.82) is 0 Å². The number of aliphatic carboxylic acids is 1. The first kappa shape index (κ1) is 31.3. The number of carbonyl (C=O) groups is 3. The average molecular weight is 594 g/mol. The third kappa shape index (κ3) is 10.7. The molecule has 0 aliphatic carbocycles. The van der Waals surface area contributed by atoms with Crippen molar-refractivity contribution in [1.82, 2.24) is 10.2 Å². The number of anilines is 1. The van der Waals surface area contributed by atoms with Crippen molar-refractivity contribution in [2.24, 2.45) is 0 Å². The van der Waals surface area contributed by atoms with E-state index >= 15 is 0 Å². The van der Waals surface area contributed by atoms with E-state index < -0.39 is 30.0 Å². The minimum absolute atomic E-state index is 0.0303. The second-order valence-corrected chi connectivity index (χ2v) is 10.0. The maximum Gasteiger partial charge on any atom is 0.573 e. The van der Waals surface area contributed by atoms with E-state index in [1.54, 1.807) is 30.3 Å². The number of thiophene rings is 1. The second kappa shape index (κ2) is 14.9. The third-order valence-electron chi connectivity index (χ3n) is 5.58. The molecule has 2 aromatic carbocycles. The van der Waals surface area contributed by atoms with Crippen LogP contribution in [0, 0.1) is 0 Å². The summed E-state index contributed by atoms with van der Waals surface area (Å²) >= 11 is 1.08. The summed E-state index contributed by atoms with van der Waals surface area (Å²) in [6.45, 7) is 2.31. The molecular formula is C28H30F3N3O6S. The predicted octanol–water partition coefficient (Wildman–Crippen LogP) is 6.26. The minimum atomic E-state index is -4.92. The highest BCUT2D eigenvalue weighted by atomic mass is 32.1. The number of hydrogen-bond acceptors (Lipinski definition) is 6. The number of halogens is 3. The lowest BCUT2D eigenvalue weighted by atomic mass is 10.2. The highest BCUT2D eigenvalue weighted by Gasteiger charge is 2.32. The predicted molar refractivity (Wildman–Crippen MR) is 147 cm³/mol. The monoisotopic (exact) mass is 593 g/mol. The lowest BCUT2D eigenvalue weighted by Crippen LogP contribution is -2.34. The Labute approximate surface area is 238 Å². The molecule has 1 heterocycles. The Bertz CT molecular complexity index is 1310. The third-order valence-corrected chi connectivity index (χ3v) is 6.64. The van der Waals surface area contributed by atoms with Crippen LogP contribution >= 0.6 is 11.3 Å². The van der Waals surface area contributed by atoms with Crippen molar-refractivity contribution in [3.05, 3.63) is 76.0 Å². The average Bonchev–Trinajstić information content (AvgIpc) is 3.38. The zero-order valence-corrected chi connectivity index (χ0v) is 23.0. The van der Waals surface area contributed by atoms with Gasteiger partial charge in [-0.1, -0.05) is 31.5 Å². The first-order valence-corrected chi connectivity index (χ1v) is 13.6. The SMILES string of the molecule is CCCCOc1ccc(NC(=O)N(Cc2ccc(C(=O)NCCC(=O)O)s2)Cc2ccccc2OC(F)(F)F)cc1. The van der Waals surface area contributed by atoms with Crippen LogP contribution in [0.1, 0.15) is 46.3 Å². The number of benzene rings is 2. The molecule has 0 bridgehead atoms. The van der Waals surface area contributed by atoms with Gasteiger partial charge in [-0.25, -0.2) is 4.79 Å². The zero-order chi connectivity index (χ0) is 29.8. The molecule has 0 radical (unpaired) electrons. The van der Waals surface area contributed by atoms with E-state index in [0.717, 1.165) is 24.2 Å². The summed E-state index contributed by atoms with van der Waals surface area (Å²) < 4.78 is 48.8. The maximum atomic E-state index is 13.3. The molecule has 3 N–H and O–H groups in total. The Balaban J connectivity index is 1.78. The first-order chi connectivity index (χ1) is 19.5. The van der Waals surface area contributed by atoms with Gasteiger partial charge >= 0.3 is 18.4 Å². The Morgan fingerprint density at radius 1 is 1.00 bits per heavy atom. The fourth-order valence-corrected chi connectivity index (χ4v) is 4.52. The number of ether oxygens (including phenoxy) is 2. The van der Waals surface area contributed by atoms with Gasteiger partial charge in [0.15, 0.2) is 0 Å². The number of nitrogens with zero attached hydrogens (tertiary/aromatic N) is 1. The molecule has 9 nitrogen and oxygen atoms in total. The molecule has 13 heteroatoms. The number of hydrogen-bond donors (Lipinski definition) is 3. The number of alkyl halides is 3. The standard InChI is InChI=1S/C28H30F3N3O6S/c1-2-3-16-39-21-10-8-20(9-11-21)33-27(38)34(17-19-6-4-5-7-23(19)40-28(29,30)31)18-22-12-13-24(41-22)26(37)32-15-14-25(35)36/h4-13H,2-3,14-18H2,1H3,(H,32,37)(H,33,38)(H,35,36). The van der Waals surface area contributed by atoms with Crippen molar-refractivity contribution in [3.8, 4) is 11.5 Å². The fourth-order valence-electron chi connectivity index (χ4n) is 3.58. The fraction of sp³-hybridized carbons (Fsp3) is 0.321. The van der Waals surface area contributed by atoms with Gasteiger partial charge in [0, 0.05) is 22.7 Å². The van der Waals surface area contributed by atoms with Gasteiger partial charge in [-0.3, -0.25) is 9.59 Å². The maximum absolute atomic E-state index is 13.3. The van der Waals surface area contributed by atoms with E-state index in [1.807, 2.05) is 0 Å². The van der Waals surface area contributed by atoms with Crippen molar-refractivity contribution in [2.75, 3.05) is 18.5 Å². The van der Waals surface area contributed by atoms with E-state index in [1.165, 1.54) is 35.2 Å². The summed E-state index contributed by atoms with van der Waals surface area (Å²) in [4.78, 5) is 38.6. The van der Waals surface area contributed by atoms with Crippen molar-refractivity contribution < 1.29 is 42.1 Å². The van der Waals surface area contributed by atoms with Crippen LogP contribution < -0.4 is 20.1 Å². The first-order valence-electron chi connectivity index (χ1n) is 12.7. The van der Waals surface area contributed by atoms with E-state index in [2.05, 4.69) is 22.3 Å². The van der Waals surface area contributed by atoms with Crippen molar-refractivity contribution in [2.45, 2.75) is 45.6 Å². The van der Waals surface area contributed by atoms with Gasteiger partial charge in [0.05, 0.1) is 31.0 Å². The number of rotatable bonds is 14. The molecular weight excluding hydrogens is 563 g/mol. The van der Waals surface area contributed by atoms with Crippen molar-refractivity contribution in [3.63, 3.8) is 0 Å². The minimum Gasteiger partial charge on any atom is -0.494 e. The Hall–Kier alpha value is -4.26. The quantitative estimate of drug-likeness (QED) is 0.190. The molecule has 0 atom stereocenters. The van der Waals surface area contributed by atoms with Crippen LogP contribution in [-0.2, 0) is 17.9 Å². The van der Waals surface area contributed by atoms with Gasteiger partial charge in [0.25, 0.3) is 5.91 Å². The highest BCUT2D eigenvalue weighted by Crippen LogP contribution is 2.29. The molecule has 220 valence electrons. The molecule has 3 rings (SSSR count). The second-order valence-electron chi connectivity index (χ2n) is 8.83. The smallest absolute Gasteiger partial charge is 0.494 e. The molecule has 3 amide bonds. The van der Waals surface area contributed by atoms with Crippen LogP contribution in [0.5, 0.6) is 11.5 Å². The molecule has 0 aliphatic rings. The Morgan fingerprint density at radius 2 is 1.73 bits per heavy atom. The number of carboxylic acids is 1. The molecule has 0 unspecified atom stereocenters. The zero-order valence-electron chi connectivity index (χ0n) is 22.2. The number of nitrogens with one attached hydrogen (secondary N) is 2. The Morgan fingerprint density at radius 3 is 2.41 bits per heavy atom. The van der Waals surface area contributed by atoms with Crippen LogP contribution in [-0.4, -0.2) is 47.4 Å². The summed E-state index contributed by atoms with van der Waals surface area (Å²) in [6, 6.07) is 14.8. The number of unbranched alkanes of at least 4 members (excludes halogenated alkanes) is 1. The molecule has 0 spiro atoms. The lowest BCUT2D eigenvalue weighted by molar-refractivity contribution is -0.275. The largest absolute Gasteiger partial charge is 0.573 e. The van der Waals surface area contributed by atoms with Crippen LogP contribution in [0.3, 0.4) is 0 Å². The van der Waals surface area contributed by atoms with Crippen LogP contribution in [0.2, 0.25) is 0 Å². The van der Waals surface area contributed by atoms with E-state index in [0.29, 0.717) is 27.8 Å². The summed E-state index contributed by atoms with van der Waals surface area (Å²) in [6.07, 6.45) is -3.26. The summed E-state index contributed by atoms with van der Waals surface area (Å²) in [5.41, 5.74) is 0.579. The number of urea groups is 1. The topological polar surface area (TPSA) is 117 Å². The number of para-hydroxylation sites is 1. The number of carbonyl (C=O) groups excluding carboxylic acids is 2. The lowest BCUT2D eigenvalue weighted by Gasteiger charge is -2.24. The molecule has 0 saturated heterocycles. The van der Waals surface area contributed by atoms with Gasteiger partial charge in [-0.2, -0.15) is 0 Å². The van der Waals surface area contributed by atoms with E-state index in [4.69, 9.17) is 9.84 Å². The van der Waals surface area contributed by atoms with Gasteiger partial charge in [-0.05, 0) is 48.9 Å². The van der Waals surface area contributed by atoms with Crippen LogP contribution in [0.4, 0.5) is 23.7 Å². The van der Waals surface area contributed by atoms with Gasteiger partial charge < -0.3 is 30.1 Å². The summed E-state index contributed by atoms with van der Waals surface area (Å²) in [7, 11) is 0. The van der Waals surface area contributed by atoms with Crippen LogP contribution in [0.25, 0.3) is 0 Å². The van der Waals surface area contributed by atoms with Gasteiger partial charge in [0.1, 0.15) is 11.5 Å². The summed E-state index contributed by atoms with van der Waals surface area (Å²) in [5, 5.41) is 14.0. The molecule has 3 aromatic rings. The normalized spacial score (nSPS) is 11.0. The Kier molecular flexibility index (Phi) is 11.4. The van der Waals surface area contributed by atoms with Crippen LogP contribution in [0.15, 0.2) is 60.7 Å². The van der Waals surface area contributed by atoms with Crippen molar-refractivity contribution >= 4 is 34.9 Å². The molecule has 41 heavy (non-hydrogen) atoms. The number of amides is 3. The molecule has 0 aliphatic heterocycles. The molecule has 1 aromatic heterocycles. The van der Waals surface area contributed by atoms with E-state index in [9.17, 15) is 27.6 Å². The molecule has 0 fully saturated rings. The van der Waals surface area contributed by atoms with Gasteiger partial charge in [-0.15, -0.1) is 24.5 Å². The van der Waals surface area contributed by atoms with Gasteiger partial charge in [0.2, 0.25) is 0 Å². The summed E-state index contributed by atoms with van der Waals surface area (Å²) in [5.74, 6) is -1.31.